The minimum atomic E-state index is -1.33. The lowest BCUT2D eigenvalue weighted by Gasteiger charge is -2.40. The highest BCUT2D eigenvalue weighted by Crippen LogP contribution is 2.55. The molecule has 3 heterocycles. The molecule has 0 aliphatic carbocycles. The normalized spacial score (nSPS) is 21.2. The van der Waals surface area contributed by atoms with Crippen LogP contribution in [0.25, 0.3) is 0 Å². The van der Waals surface area contributed by atoms with Crippen LogP contribution in [0.4, 0.5) is 11.5 Å². The first-order valence-corrected chi connectivity index (χ1v) is 10.4. The lowest BCUT2D eigenvalue weighted by Crippen LogP contribution is -2.52. The molecular formula is C25H21N5O2. The zero-order chi connectivity index (χ0) is 22.3. The molecule has 0 bridgehead atoms. The summed E-state index contributed by atoms with van der Waals surface area (Å²) in [6.45, 7) is 3.98. The number of carbonyl (C=O) groups excluding carboxylic acids is 1. The molecule has 7 heteroatoms. The van der Waals surface area contributed by atoms with E-state index in [0.29, 0.717) is 17.0 Å². The van der Waals surface area contributed by atoms with Crippen LogP contribution in [-0.4, -0.2) is 28.6 Å². The molecule has 5 rings (SSSR count). The number of aliphatic imine (C=N–C) groups is 1. The van der Waals surface area contributed by atoms with Gasteiger partial charge in [0.2, 0.25) is 5.54 Å². The third-order valence-electron chi connectivity index (χ3n) is 6.07. The van der Waals surface area contributed by atoms with Crippen LogP contribution in [0, 0.1) is 11.3 Å². The highest BCUT2D eigenvalue weighted by molar-refractivity contribution is 6.02. The third kappa shape index (κ3) is 2.56. The largest absolute Gasteiger partial charge is 0.464 e. The molecule has 1 aromatic heterocycles. The lowest BCUT2D eigenvalue weighted by molar-refractivity contribution is -0.153. The molecular weight excluding hydrogens is 402 g/mol. The second-order valence-corrected chi connectivity index (χ2v) is 7.67. The van der Waals surface area contributed by atoms with Gasteiger partial charge in [0.05, 0.1) is 18.8 Å². The van der Waals surface area contributed by atoms with Crippen molar-refractivity contribution in [3.63, 3.8) is 0 Å². The van der Waals surface area contributed by atoms with E-state index in [2.05, 4.69) is 21.1 Å². The number of esters is 1. The Labute approximate surface area is 185 Å². The average molecular weight is 423 g/mol. The third-order valence-corrected chi connectivity index (χ3v) is 6.07. The number of aromatic nitrogens is 2. The number of rotatable bonds is 4. The minimum Gasteiger partial charge on any atom is -0.464 e. The van der Waals surface area contributed by atoms with E-state index in [1.165, 1.54) is 6.20 Å². The van der Waals surface area contributed by atoms with Crippen molar-refractivity contribution in [2.75, 3.05) is 11.5 Å². The molecule has 0 fully saturated rings. The van der Waals surface area contributed by atoms with Crippen molar-refractivity contribution in [1.29, 1.82) is 5.26 Å². The quantitative estimate of drug-likeness (QED) is 0.586. The van der Waals surface area contributed by atoms with Crippen LogP contribution in [0.5, 0.6) is 0 Å². The van der Waals surface area contributed by atoms with Gasteiger partial charge in [0.1, 0.15) is 11.6 Å². The van der Waals surface area contributed by atoms with E-state index in [1.54, 1.807) is 17.8 Å². The van der Waals surface area contributed by atoms with E-state index in [1.807, 2.05) is 67.6 Å². The number of fused-ring (bicyclic) bond motifs is 3. The Morgan fingerprint density at radius 1 is 1.16 bits per heavy atom. The van der Waals surface area contributed by atoms with Crippen LogP contribution in [0.15, 0.2) is 83.1 Å². The monoisotopic (exact) mass is 423 g/mol. The zero-order valence-electron chi connectivity index (χ0n) is 17.8. The Morgan fingerprint density at radius 3 is 2.50 bits per heavy atom. The lowest BCUT2D eigenvalue weighted by atomic mass is 9.80. The number of allylic oxidation sites excluding steroid dienone is 1. The van der Waals surface area contributed by atoms with Crippen molar-refractivity contribution in [2.45, 2.75) is 25.4 Å². The fourth-order valence-electron chi connectivity index (χ4n) is 4.79. The van der Waals surface area contributed by atoms with Gasteiger partial charge >= 0.3 is 5.97 Å². The van der Waals surface area contributed by atoms with Gasteiger partial charge in [-0.3, -0.25) is 0 Å². The van der Waals surface area contributed by atoms with Crippen molar-refractivity contribution in [1.82, 2.24) is 9.78 Å². The summed E-state index contributed by atoms with van der Waals surface area (Å²) >= 11 is 0. The molecule has 2 aliphatic rings. The van der Waals surface area contributed by atoms with Crippen LogP contribution < -0.4 is 4.90 Å². The summed E-state index contributed by atoms with van der Waals surface area (Å²) < 4.78 is 7.24. The van der Waals surface area contributed by atoms with Crippen molar-refractivity contribution in [3.8, 4) is 6.07 Å². The van der Waals surface area contributed by atoms with E-state index in [4.69, 9.17) is 4.74 Å². The molecule has 0 radical (unpaired) electrons. The Kier molecular flexibility index (Phi) is 4.63. The van der Waals surface area contributed by atoms with Gasteiger partial charge in [0.25, 0.3) is 0 Å². The van der Waals surface area contributed by atoms with Crippen LogP contribution >= 0.6 is 0 Å². The van der Waals surface area contributed by atoms with Gasteiger partial charge < -0.3 is 9.64 Å². The van der Waals surface area contributed by atoms with Crippen molar-refractivity contribution in [3.05, 3.63) is 89.3 Å². The SMILES string of the molecule is CCOC(=O)C12C(=C(C)N(c3ccccc3)C1c1ccccc1)C=Nc1c(C#N)cnn12. The van der Waals surface area contributed by atoms with Gasteiger partial charge in [-0.05, 0) is 31.5 Å². The molecule has 0 spiro atoms. The summed E-state index contributed by atoms with van der Waals surface area (Å²) in [6.07, 6.45) is 3.14. The topological polar surface area (TPSA) is 83.5 Å². The molecule has 32 heavy (non-hydrogen) atoms. The first kappa shape index (κ1) is 19.8. The Hall–Kier alpha value is -4.18. The van der Waals surface area contributed by atoms with Crippen molar-refractivity contribution >= 4 is 23.7 Å². The fourth-order valence-corrected chi connectivity index (χ4v) is 4.79. The van der Waals surface area contributed by atoms with Gasteiger partial charge in [0, 0.05) is 23.2 Å². The maximum atomic E-state index is 13.9. The Balaban J connectivity index is 1.87. The predicted octanol–water partition coefficient (Wildman–Crippen LogP) is 4.26. The summed E-state index contributed by atoms with van der Waals surface area (Å²) in [5, 5.41) is 14.1. The number of benzene rings is 2. The maximum Gasteiger partial charge on any atom is 0.341 e. The fraction of sp³-hybridized carbons (Fsp3) is 0.200. The molecule has 7 nitrogen and oxygen atoms in total. The molecule has 158 valence electrons. The van der Waals surface area contributed by atoms with Crippen LogP contribution in [-0.2, 0) is 15.1 Å². The van der Waals surface area contributed by atoms with Gasteiger partial charge in [0.15, 0.2) is 5.82 Å². The van der Waals surface area contributed by atoms with Crippen molar-refractivity contribution in [2.24, 2.45) is 4.99 Å². The molecule has 2 aliphatic heterocycles. The van der Waals surface area contributed by atoms with Gasteiger partial charge in [-0.25, -0.2) is 14.5 Å². The summed E-state index contributed by atoms with van der Waals surface area (Å²) in [4.78, 5) is 20.5. The second-order valence-electron chi connectivity index (χ2n) is 7.67. The molecule has 0 saturated heterocycles. The number of anilines is 1. The van der Waals surface area contributed by atoms with E-state index >= 15 is 0 Å². The Morgan fingerprint density at radius 2 is 1.84 bits per heavy atom. The highest BCUT2D eigenvalue weighted by Gasteiger charge is 2.62. The number of carbonyl (C=O) groups is 1. The first-order chi connectivity index (χ1) is 15.6. The van der Waals surface area contributed by atoms with Gasteiger partial charge in [-0.2, -0.15) is 10.4 Å². The maximum absolute atomic E-state index is 13.9. The average Bonchev–Trinajstić information content (AvgIpc) is 3.37. The van der Waals surface area contributed by atoms with Gasteiger partial charge in [-0.15, -0.1) is 0 Å². The number of nitriles is 1. The summed E-state index contributed by atoms with van der Waals surface area (Å²) in [5.41, 5.74) is 2.42. The van der Waals surface area contributed by atoms with Crippen LogP contribution in [0.3, 0.4) is 0 Å². The second kappa shape index (κ2) is 7.50. The molecule has 2 aromatic carbocycles. The molecule has 0 N–H and O–H groups in total. The number of hydrogen-bond donors (Lipinski definition) is 0. The highest BCUT2D eigenvalue weighted by atomic mass is 16.5. The predicted molar refractivity (Wildman–Crippen MR) is 121 cm³/mol. The van der Waals surface area contributed by atoms with Crippen LogP contribution in [0.2, 0.25) is 0 Å². The first-order valence-electron chi connectivity index (χ1n) is 10.4. The number of hydrogen-bond acceptors (Lipinski definition) is 6. The van der Waals surface area contributed by atoms with E-state index in [-0.39, 0.29) is 6.61 Å². The summed E-state index contributed by atoms with van der Waals surface area (Å²) in [5.74, 6) is -0.0745. The zero-order valence-corrected chi connectivity index (χ0v) is 17.8. The van der Waals surface area contributed by atoms with E-state index in [9.17, 15) is 10.1 Å². The van der Waals surface area contributed by atoms with Gasteiger partial charge in [-0.1, -0.05) is 48.5 Å². The number of para-hydroxylation sites is 1. The molecule has 2 atom stereocenters. The summed E-state index contributed by atoms with van der Waals surface area (Å²) in [6, 6.07) is 21.4. The standard InChI is InChI=1S/C25H21N5O2/c1-3-32-24(31)25-21(16-27-23-19(14-26)15-28-30(23)25)17(2)29(20-12-8-5-9-13-20)22(25)18-10-6-4-7-11-18/h4-13,15-16,22H,3H2,1-2H3. The van der Waals surface area contributed by atoms with Crippen molar-refractivity contribution < 1.29 is 9.53 Å². The smallest absolute Gasteiger partial charge is 0.341 e. The molecule has 0 saturated carbocycles. The molecule has 2 unspecified atom stereocenters. The molecule has 0 amide bonds. The van der Waals surface area contributed by atoms with E-state index < -0.39 is 17.6 Å². The summed E-state index contributed by atoms with van der Waals surface area (Å²) in [7, 11) is 0. The number of ether oxygens (including phenoxy) is 1. The number of nitrogens with zero attached hydrogens (tertiary/aromatic N) is 5. The minimum absolute atomic E-state index is 0.221. The molecule has 3 aromatic rings. The Bertz CT molecular complexity index is 1290. The van der Waals surface area contributed by atoms with E-state index in [0.717, 1.165) is 16.9 Å². The van der Waals surface area contributed by atoms with Crippen LogP contribution in [0.1, 0.15) is 31.0 Å².